The smallest absolute Gasteiger partial charge is 0.234 e. The van der Waals surface area contributed by atoms with E-state index in [4.69, 9.17) is 11.6 Å². The molecule has 0 bridgehead atoms. The summed E-state index contributed by atoms with van der Waals surface area (Å²) in [5.74, 6) is 1.10. The second-order valence-corrected chi connectivity index (χ2v) is 8.11. The minimum absolute atomic E-state index is 0.0918. The van der Waals surface area contributed by atoms with E-state index in [0.29, 0.717) is 5.02 Å². The van der Waals surface area contributed by atoms with E-state index in [1.54, 1.807) is 23.5 Å². The van der Waals surface area contributed by atoms with Crippen LogP contribution in [-0.2, 0) is 17.8 Å². The molecule has 0 aliphatic carbocycles. The third-order valence-electron chi connectivity index (χ3n) is 3.83. The maximum absolute atomic E-state index is 12.3. The van der Waals surface area contributed by atoms with Crippen molar-refractivity contribution in [3.63, 3.8) is 0 Å². The van der Waals surface area contributed by atoms with E-state index in [-0.39, 0.29) is 11.7 Å². The lowest BCUT2D eigenvalue weighted by atomic mass is 10.2. The fourth-order valence-corrected chi connectivity index (χ4v) is 4.18. The van der Waals surface area contributed by atoms with Gasteiger partial charge in [-0.3, -0.25) is 4.79 Å². The zero-order valence-electron chi connectivity index (χ0n) is 14.5. The fourth-order valence-electron chi connectivity index (χ4n) is 2.49. The van der Waals surface area contributed by atoms with Gasteiger partial charge in [-0.05, 0) is 43.0 Å². The van der Waals surface area contributed by atoms with Crippen LogP contribution >= 0.6 is 34.7 Å². The number of hydrogen-bond acceptors (Lipinski definition) is 5. The normalized spacial score (nSPS) is 10.9. The molecule has 0 fully saturated rings. The summed E-state index contributed by atoms with van der Waals surface area (Å²) in [7, 11) is 0. The number of hydrogen-bond donors (Lipinski definition) is 1. The van der Waals surface area contributed by atoms with Crippen molar-refractivity contribution in [2.45, 2.75) is 32.0 Å². The van der Waals surface area contributed by atoms with Gasteiger partial charge in [-0.25, -0.2) is 0 Å². The summed E-state index contributed by atoms with van der Waals surface area (Å²) < 4.78 is 2.06. The van der Waals surface area contributed by atoms with E-state index < -0.39 is 0 Å². The SMILES string of the molecule is CCn1c(Cc2cccs2)nnc1SCC(=O)Nc1cc(Cl)ccc1C. The number of carbonyl (C=O) groups excluding carboxylic acids is 1. The molecule has 0 spiro atoms. The number of nitrogens with one attached hydrogen (secondary N) is 1. The van der Waals surface area contributed by atoms with E-state index in [1.807, 2.05) is 19.1 Å². The molecule has 1 aromatic carbocycles. The topological polar surface area (TPSA) is 59.8 Å². The molecular formula is C18H19ClN4OS2. The Bertz CT molecular complexity index is 893. The quantitative estimate of drug-likeness (QED) is 0.580. The average molecular weight is 407 g/mol. The molecule has 0 aliphatic rings. The van der Waals surface area contributed by atoms with E-state index in [2.05, 4.69) is 38.5 Å². The van der Waals surface area contributed by atoms with Crippen molar-refractivity contribution in [3.8, 4) is 0 Å². The maximum atomic E-state index is 12.3. The number of aryl methyl sites for hydroxylation is 1. The highest BCUT2D eigenvalue weighted by molar-refractivity contribution is 7.99. The highest BCUT2D eigenvalue weighted by Gasteiger charge is 2.14. The summed E-state index contributed by atoms with van der Waals surface area (Å²) in [5, 5.41) is 14.9. The van der Waals surface area contributed by atoms with Crippen LogP contribution in [0, 0.1) is 6.92 Å². The maximum Gasteiger partial charge on any atom is 0.234 e. The van der Waals surface area contributed by atoms with Crippen molar-refractivity contribution in [2.24, 2.45) is 0 Å². The second-order valence-electron chi connectivity index (χ2n) is 5.70. The first kappa shape index (κ1) is 18.9. The first-order valence-electron chi connectivity index (χ1n) is 8.20. The number of aromatic nitrogens is 3. The molecule has 3 aromatic rings. The molecule has 5 nitrogen and oxygen atoms in total. The van der Waals surface area contributed by atoms with Gasteiger partial charge in [0.05, 0.1) is 5.75 Å². The number of thioether (sulfide) groups is 1. The number of halogens is 1. The number of amides is 1. The average Bonchev–Trinajstić information content (AvgIpc) is 3.26. The predicted molar refractivity (Wildman–Crippen MR) is 108 cm³/mol. The Labute approximate surface area is 165 Å². The highest BCUT2D eigenvalue weighted by Crippen LogP contribution is 2.23. The number of rotatable bonds is 7. The molecule has 0 radical (unpaired) electrons. The predicted octanol–water partition coefficient (Wildman–Crippen LogP) is 4.64. The fraction of sp³-hybridized carbons (Fsp3) is 0.278. The van der Waals surface area contributed by atoms with Crippen LogP contribution in [0.15, 0.2) is 40.9 Å². The van der Waals surface area contributed by atoms with Gasteiger partial charge in [-0.1, -0.05) is 35.5 Å². The van der Waals surface area contributed by atoms with Crippen LogP contribution in [0.5, 0.6) is 0 Å². The van der Waals surface area contributed by atoms with Crippen molar-refractivity contribution in [1.82, 2.24) is 14.8 Å². The van der Waals surface area contributed by atoms with Crippen LogP contribution < -0.4 is 5.32 Å². The number of anilines is 1. The van der Waals surface area contributed by atoms with Crippen LogP contribution in [-0.4, -0.2) is 26.4 Å². The van der Waals surface area contributed by atoms with Gasteiger partial charge in [0.1, 0.15) is 5.82 Å². The monoisotopic (exact) mass is 406 g/mol. The second kappa shape index (κ2) is 8.70. The lowest BCUT2D eigenvalue weighted by molar-refractivity contribution is -0.113. The van der Waals surface area contributed by atoms with Crippen LogP contribution in [0.3, 0.4) is 0 Å². The van der Waals surface area contributed by atoms with Crippen molar-refractivity contribution in [2.75, 3.05) is 11.1 Å². The highest BCUT2D eigenvalue weighted by atomic mass is 35.5. The summed E-state index contributed by atoms with van der Waals surface area (Å²) in [5.41, 5.74) is 1.71. The third-order valence-corrected chi connectivity index (χ3v) is 5.91. The van der Waals surface area contributed by atoms with Crippen molar-refractivity contribution >= 4 is 46.3 Å². The summed E-state index contributed by atoms with van der Waals surface area (Å²) in [4.78, 5) is 13.5. The number of benzene rings is 1. The van der Waals surface area contributed by atoms with E-state index >= 15 is 0 Å². The van der Waals surface area contributed by atoms with Crippen molar-refractivity contribution in [3.05, 3.63) is 57.0 Å². The molecular weight excluding hydrogens is 388 g/mol. The first-order valence-corrected chi connectivity index (χ1v) is 10.4. The third kappa shape index (κ3) is 4.66. The summed E-state index contributed by atoms with van der Waals surface area (Å²) >= 11 is 9.09. The van der Waals surface area contributed by atoms with Gasteiger partial charge in [-0.2, -0.15) is 0 Å². The minimum Gasteiger partial charge on any atom is -0.325 e. The van der Waals surface area contributed by atoms with Crippen molar-refractivity contribution in [1.29, 1.82) is 0 Å². The molecule has 0 saturated heterocycles. The molecule has 1 amide bonds. The van der Waals surface area contributed by atoms with Gasteiger partial charge < -0.3 is 9.88 Å². The molecule has 0 saturated carbocycles. The summed E-state index contributed by atoms with van der Waals surface area (Å²) in [6.07, 6.45) is 0.757. The Balaban J connectivity index is 1.63. The van der Waals surface area contributed by atoms with E-state index in [0.717, 1.165) is 35.2 Å². The summed E-state index contributed by atoms with van der Waals surface area (Å²) in [6, 6.07) is 9.57. The van der Waals surface area contributed by atoms with Gasteiger partial charge in [0.2, 0.25) is 5.91 Å². The Morgan fingerprint density at radius 2 is 2.19 bits per heavy atom. The van der Waals surface area contributed by atoms with Crippen LogP contribution in [0.4, 0.5) is 5.69 Å². The van der Waals surface area contributed by atoms with Crippen molar-refractivity contribution < 1.29 is 4.79 Å². The molecule has 0 atom stereocenters. The lowest BCUT2D eigenvalue weighted by Crippen LogP contribution is -2.15. The molecule has 1 N–H and O–H groups in total. The lowest BCUT2D eigenvalue weighted by Gasteiger charge is -2.09. The Hall–Kier alpha value is -1.83. The van der Waals surface area contributed by atoms with E-state index in [9.17, 15) is 4.79 Å². The minimum atomic E-state index is -0.0918. The number of carbonyl (C=O) groups is 1. The van der Waals surface area contributed by atoms with Crippen LogP contribution in [0.25, 0.3) is 0 Å². The number of nitrogens with zero attached hydrogens (tertiary/aromatic N) is 3. The first-order chi connectivity index (χ1) is 12.6. The Kier molecular flexibility index (Phi) is 6.34. The molecule has 0 aliphatic heterocycles. The summed E-state index contributed by atoms with van der Waals surface area (Å²) in [6.45, 7) is 4.76. The molecule has 0 unspecified atom stereocenters. The van der Waals surface area contributed by atoms with Gasteiger partial charge in [0, 0.05) is 28.6 Å². The van der Waals surface area contributed by atoms with E-state index in [1.165, 1.54) is 16.6 Å². The van der Waals surface area contributed by atoms with Gasteiger partial charge in [0.25, 0.3) is 0 Å². The largest absolute Gasteiger partial charge is 0.325 e. The molecule has 26 heavy (non-hydrogen) atoms. The van der Waals surface area contributed by atoms with Crippen LogP contribution in [0.2, 0.25) is 5.02 Å². The number of thiophene rings is 1. The van der Waals surface area contributed by atoms with Gasteiger partial charge in [0.15, 0.2) is 5.16 Å². The Morgan fingerprint density at radius 1 is 1.35 bits per heavy atom. The Morgan fingerprint density at radius 3 is 2.92 bits per heavy atom. The standard InChI is InChI=1S/C18H19ClN4OS2/c1-3-23-16(10-14-5-4-8-25-14)21-22-18(23)26-11-17(24)20-15-9-13(19)7-6-12(15)2/h4-9H,3,10-11H2,1-2H3,(H,20,24). The molecule has 2 aromatic heterocycles. The zero-order valence-corrected chi connectivity index (χ0v) is 16.9. The van der Waals surface area contributed by atoms with Crippen LogP contribution in [0.1, 0.15) is 23.2 Å². The molecule has 3 rings (SSSR count). The van der Waals surface area contributed by atoms with Gasteiger partial charge in [-0.15, -0.1) is 21.5 Å². The molecule has 2 heterocycles. The molecule has 8 heteroatoms. The molecule has 136 valence electrons. The zero-order chi connectivity index (χ0) is 18.5. The van der Waals surface area contributed by atoms with Gasteiger partial charge >= 0.3 is 0 Å².